The third-order valence-electron chi connectivity index (χ3n) is 3.31. The standard InChI is InChI=1S/C11H30N2Si3/c1-15(2)9-12-14-13(10-16(3)4)11-7-5-6-8-11/h11-12,15-16H,5-10,14H2,1-4H3. The lowest BCUT2D eigenvalue weighted by Gasteiger charge is -2.30. The summed E-state index contributed by atoms with van der Waals surface area (Å²) in [6.07, 6.45) is 8.74. The molecule has 0 saturated heterocycles. The third-order valence-corrected chi connectivity index (χ3v) is 8.40. The summed E-state index contributed by atoms with van der Waals surface area (Å²) < 4.78 is 2.89. The van der Waals surface area contributed by atoms with Crippen molar-refractivity contribution in [1.82, 2.24) is 9.55 Å². The Hall–Kier alpha value is 0.571. The zero-order valence-corrected chi connectivity index (χ0v) is 15.4. The van der Waals surface area contributed by atoms with Crippen LogP contribution in [0.1, 0.15) is 25.7 Å². The van der Waals surface area contributed by atoms with E-state index < -0.39 is 17.6 Å². The molecule has 0 bridgehead atoms. The molecular formula is C11H30N2Si3. The summed E-state index contributed by atoms with van der Waals surface area (Å²) in [5.74, 6) is 0. The molecule has 2 nitrogen and oxygen atoms in total. The molecule has 0 aromatic heterocycles. The Morgan fingerprint density at radius 3 is 2.25 bits per heavy atom. The van der Waals surface area contributed by atoms with Crippen LogP contribution in [0.25, 0.3) is 0 Å². The normalized spacial score (nSPS) is 18.9. The van der Waals surface area contributed by atoms with E-state index in [1.165, 1.54) is 38.0 Å². The van der Waals surface area contributed by atoms with Crippen LogP contribution in [-0.4, -0.2) is 50.4 Å². The number of hydrogen-bond acceptors (Lipinski definition) is 2. The van der Waals surface area contributed by atoms with Crippen molar-refractivity contribution in [3.63, 3.8) is 0 Å². The summed E-state index contributed by atoms with van der Waals surface area (Å²) in [4.78, 5) is 3.82. The van der Waals surface area contributed by atoms with Gasteiger partial charge in [0, 0.05) is 23.6 Å². The maximum Gasteiger partial charge on any atom is 0.170 e. The summed E-state index contributed by atoms with van der Waals surface area (Å²) in [6, 6.07) is 0.961. The summed E-state index contributed by atoms with van der Waals surface area (Å²) >= 11 is 0. The minimum absolute atomic E-state index is 0.137. The van der Waals surface area contributed by atoms with Gasteiger partial charge in [-0.25, -0.2) is 0 Å². The number of rotatable bonds is 7. The molecule has 0 atom stereocenters. The molecule has 96 valence electrons. The molecule has 0 amide bonds. The highest BCUT2D eigenvalue weighted by Gasteiger charge is 2.22. The minimum Gasteiger partial charge on any atom is -0.333 e. The molecule has 16 heavy (non-hydrogen) atoms. The van der Waals surface area contributed by atoms with Crippen molar-refractivity contribution < 1.29 is 0 Å². The summed E-state index contributed by atoms with van der Waals surface area (Å²) in [7, 11) is -0.947. The van der Waals surface area contributed by atoms with E-state index in [-0.39, 0.29) is 9.84 Å². The van der Waals surface area contributed by atoms with Crippen LogP contribution in [0.15, 0.2) is 0 Å². The van der Waals surface area contributed by atoms with Gasteiger partial charge in [0.25, 0.3) is 0 Å². The first-order valence-electron chi connectivity index (χ1n) is 7.04. The summed E-state index contributed by atoms with van der Waals surface area (Å²) in [6.45, 7) is 9.87. The van der Waals surface area contributed by atoms with Crippen LogP contribution in [0.5, 0.6) is 0 Å². The highest BCUT2D eigenvalue weighted by molar-refractivity contribution is 6.58. The largest absolute Gasteiger partial charge is 0.333 e. The predicted octanol–water partition coefficient (Wildman–Crippen LogP) is 0.871. The predicted molar refractivity (Wildman–Crippen MR) is 83.3 cm³/mol. The molecule has 1 rings (SSSR count). The van der Waals surface area contributed by atoms with Crippen LogP contribution in [-0.2, 0) is 0 Å². The van der Waals surface area contributed by atoms with Crippen molar-refractivity contribution in [2.24, 2.45) is 0 Å². The molecule has 0 aromatic rings. The second kappa shape index (κ2) is 7.81. The molecule has 1 aliphatic rings. The number of hydrogen-bond donors (Lipinski definition) is 1. The molecule has 0 spiro atoms. The van der Waals surface area contributed by atoms with Gasteiger partial charge in [-0.2, -0.15) is 0 Å². The maximum absolute atomic E-state index is 3.82. The highest BCUT2D eigenvalue weighted by atomic mass is 28.3. The molecule has 1 saturated carbocycles. The van der Waals surface area contributed by atoms with Crippen molar-refractivity contribution in [2.75, 3.05) is 12.3 Å². The Morgan fingerprint density at radius 1 is 1.12 bits per heavy atom. The van der Waals surface area contributed by atoms with E-state index in [0.29, 0.717) is 0 Å². The SMILES string of the molecule is C[SiH](C)CN[SiH2]N(C[SiH](C)C)C1CCCC1. The topological polar surface area (TPSA) is 15.3 Å². The van der Waals surface area contributed by atoms with Crippen LogP contribution in [0, 0.1) is 0 Å². The van der Waals surface area contributed by atoms with Crippen molar-refractivity contribution in [3.05, 3.63) is 0 Å². The first-order chi connectivity index (χ1) is 7.59. The maximum atomic E-state index is 3.82. The van der Waals surface area contributed by atoms with Crippen molar-refractivity contribution in [3.8, 4) is 0 Å². The van der Waals surface area contributed by atoms with E-state index >= 15 is 0 Å². The molecule has 0 aliphatic heterocycles. The van der Waals surface area contributed by atoms with Gasteiger partial charge in [0.05, 0.1) is 0 Å². The van der Waals surface area contributed by atoms with Gasteiger partial charge >= 0.3 is 0 Å². The Balaban J connectivity index is 2.31. The molecule has 0 radical (unpaired) electrons. The molecular weight excluding hydrogens is 244 g/mol. The molecule has 5 heteroatoms. The average molecular weight is 275 g/mol. The zero-order valence-electron chi connectivity index (χ0n) is 11.6. The molecule has 1 aliphatic carbocycles. The molecule has 0 heterocycles. The Kier molecular flexibility index (Phi) is 7.14. The third kappa shape index (κ3) is 5.77. The smallest absolute Gasteiger partial charge is 0.170 e. The van der Waals surface area contributed by atoms with Crippen molar-refractivity contribution in [1.29, 1.82) is 0 Å². The van der Waals surface area contributed by atoms with Crippen molar-refractivity contribution >= 4 is 27.4 Å². The highest BCUT2D eigenvalue weighted by Crippen LogP contribution is 2.22. The zero-order chi connectivity index (χ0) is 12.0. The average Bonchev–Trinajstić information content (AvgIpc) is 2.67. The van der Waals surface area contributed by atoms with Crippen LogP contribution in [0.2, 0.25) is 26.2 Å². The molecule has 1 fully saturated rings. The fraction of sp³-hybridized carbons (Fsp3) is 1.00. The Morgan fingerprint density at radius 2 is 1.75 bits per heavy atom. The lowest BCUT2D eigenvalue weighted by molar-refractivity contribution is 0.369. The van der Waals surface area contributed by atoms with Gasteiger partial charge in [0.2, 0.25) is 0 Å². The van der Waals surface area contributed by atoms with Crippen LogP contribution in [0.4, 0.5) is 0 Å². The summed E-state index contributed by atoms with van der Waals surface area (Å²) in [5, 5.41) is 0. The monoisotopic (exact) mass is 274 g/mol. The van der Waals surface area contributed by atoms with Gasteiger partial charge in [0.1, 0.15) is 0 Å². The second-order valence-electron chi connectivity index (χ2n) is 6.11. The van der Waals surface area contributed by atoms with Crippen LogP contribution < -0.4 is 4.98 Å². The molecule has 0 aromatic carbocycles. The van der Waals surface area contributed by atoms with E-state index in [1.807, 2.05) is 0 Å². The van der Waals surface area contributed by atoms with Gasteiger partial charge in [-0.15, -0.1) is 0 Å². The van der Waals surface area contributed by atoms with E-state index in [4.69, 9.17) is 0 Å². The van der Waals surface area contributed by atoms with Crippen molar-refractivity contribution in [2.45, 2.75) is 57.9 Å². The fourth-order valence-electron chi connectivity index (χ4n) is 2.58. The Bertz CT molecular complexity index is 182. The first kappa shape index (κ1) is 14.6. The van der Waals surface area contributed by atoms with E-state index in [0.717, 1.165) is 6.04 Å². The van der Waals surface area contributed by atoms with Gasteiger partial charge in [0.15, 0.2) is 9.84 Å². The Labute approximate surface area is 107 Å². The molecule has 0 unspecified atom stereocenters. The van der Waals surface area contributed by atoms with E-state index in [1.54, 1.807) is 0 Å². The van der Waals surface area contributed by atoms with Gasteiger partial charge < -0.3 is 9.55 Å². The summed E-state index contributed by atoms with van der Waals surface area (Å²) in [5.41, 5.74) is 0. The minimum atomic E-state index is -0.420. The van der Waals surface area contributed by atoms with E-state index in [2.05, 4.69) is 35.7 Å². The van der Waals surface area contributed by atoms with Crippen LogP contribution >= 0.6 is 0 Å². The van der Waals surface area contributed by atoms with Crippen LogP contribution in [0.3, 0.4) is 0 Å². The number of nitrogens with one attached hydrogen (secondary N) is 1. The van der Waals surface area contributed by atoms with Gasteiger partial charge in [-0.05, 0) is 25.2 Å². The molecule has 1 N–H and O–H groups in total. The lowest BCUT2D eigenvalue weighted by atomic mass is 10.3. The second-order valence-corrected chi connectivity index (χ2v) is 14.1. The fourth-order valence-corrected chi connectivity index (χ4v) is 9.62. The van der Waals surface area contributed by atoms with Gasteiger partial charge in [-0.3, -0.25) is 0 Å². The van der Waals surface area contributed by atoms with E-state index in [9.17, 15) is 0 Å². The number of nitrogens with zero attached hydrogens (tertiary/aromatic N) is 1. The first-order valence-corrected chi connectivity index (χ1v) is 14.6. The quantitative estimate of drug-likeness (QED) is 0.693. The van der Waals surface area contributed by atoms with Gasteiger partial charge in [-0.1, -0.05) is 39.0 Å². The lowest BCUT2D eigenvalue weighted by Crippen LogP contribution is -2.48.